The number of hydrogen-bond donors (Lipinski definition) is 2. The number of nitrogens with one attached hydrogen (secondary N) is 2. The zero-order valence-electron chi connectivity index (χ0n) is 10.6. The van der Waals surface area contributed by atoms with Crippen LogP contribution in [0.15, 0.2) is 42.5 Å². The third kappa shape index (κ3) is 3.82. The Labute approximate surface area is 126 Å². The summed E-state index contributed by atoms with van der Waals surface area (Å²) in [5.41, 5.74) is 1.31. The molecular formula is C14H12ClFN2OS. The summed E-state index contributed by atoms with van der Waals surface area (Å²) >= 11 is 11.1. The third-order valence-electron chi connectivity index (χ3n) is 2.51. The highest BCUT2D eigenvalue weighted by molar-refractivity contribution is 7.80. The molecule has 0 saturated carbocycles. The van der Waals surface area contributed by atoms with Crippen LogP contribution in [-0.2, 0) is 0 Å². The summed E-state index contributed by atoms with van der Waals surface area (Å²) in [4.78, 5) is 0. The van der Waals surface area contributed by atoms with Crippen molar-refractivity contribution in [3.05, 3.63) is 53.3 Å². The molecule has 0 aliphatic rings. The van der Waals surface area contributed by atoms with Gasteiger partial charge in [-0.05, 0) is 42.5 Å². The summed E-state index contributed by atoms with van der Waals surface area (Å²) < 4.78 is 18.1. The molecular weight excluding hydrogens is 299 g/mol. The first kappa shape index (κ1) is 14.6. The molecule has 0 bridgehead atoms. The van der Waals surface area contributed by atoms with Crippen LogP contribution in [0.5, 0.6) is 5.75 Å². The van der Waals surface area contributed by atoms with Gasteiger partial charge in [0, 0.05) is 11.8 Å². The first-order valence-corrected chi connectivity index (χ1v) is 6.54. The van der Waals surface area contributed by atoms with Gasteiger partial charge in [-0.3, -0.25) is 0 Å². The van der Waals surface area contributed by atoms with Gasteiger partial charge in [-0.2, -0.15) is 0 Å². The Morgan fingerprint density at radius 3 is 2.70 bits per heavy atom. The number of anilines is 2. The van der Waals surface area contributed by atoms with Crippen LogP contribution in [0.2, 0.25) is 5.02 Å². The average molecular weight is 311 g/mol. The number of ether oxygens (including phenoxy) is 1. The number of methoxy groups -OCH3 is 1. The van der Waals surface area contributed by atoms with E-state index in [4.69, 9.17) is 28.6 Å². The van der Waals surface area contributed by atoms with Crippen LogP contribution in [0.1, 0.15) is 0 Å². The predicted octanol–water partition coefficient (Wildman–Crippen LogP) is 4.30. The SMILES string of the molecule is COc1cccc(NC(=S)Nc2ccc(F)cc2Cl)c1. The molecule has 2 aromatic rings. The maximum Gasteiger partial charge on any atom is 0.175 e. The highest BCUT2D eigenvalue weighted by Crippen LogP contribution is 2.23. The number of hydrogen-bond acceptors (Lipinski definition) is 2. The first-order chi connectivity index (χ1) is 9.58. The maximum atomic E-state index is 12.9. The predicted molar refractivity (Wildman–Crippen MR) is 84.2 cm³/mol. The third-order valence-corrected chi connectivity index (χ3v) is 3.02. The minimum absolute atomic E-state index is 0.264. The Hall–Kier alpha value is -1.85. The largest absolute Gasteiger partial charge is 0.497 e. The van der Waals surface area contributed by atoms with Gasteiger partial charge in [0.25, 0.3) is 0 Å². The van der Waals surface area contributed by atoms with E-state index in [9.17, 15) is 4.39 Å². The minimum Gasteiger partial charge on any atom is -0.497 e. The van der Waals surface area contributed by atoms with Crippen LogP contribution in [0.25, 0.3) is 0 Å². The van der Waals surface area contributed by atoms with Crippen molar-refractivity contribution in [2.75, 3.05) is 17.7 Å². The Morgan fingerprint density at radius 1 is 1.20 bits per heavy atom. The number of rotatable bonds is 3. The number of benzene rings is 2. The highest BCUT2D eigenvalue weighted by Gasteiger charge is 2.05. The van der Waals surface area contributed by atoms with E-state index in [1.54, 1.807) is 13.2 Å². The van der Waals surface area contributed by atoms with Crippen LogP contribution < -0.4 is 15.4 Å². The molecule has 2 N–H and O–H groups in total. The molecule has 3 nitrogen and oxygen atoms in total. The molecule has 0 atom stereocenters. The lowest BCUT2D eigenvalue weighted by Gasteiger charge is -2.12. The lowest BCUT2D eigenvalue weighted by Crippen LogP contribution is -2.19. The molecule has 0 aromatic heterocycles. The molecule has 0 fully saturated rings. The lowest BCUT2D eigenvalue weighted by atomic mass is 10.3. The van der Waals surface area contributed by atoms with E-state index in [-0.39, 0.29) is 5.02 Å². The van der Waals surface area contributed by atoms with Gasteiger partial charge in [0.15, 0.2) is 5.11 Å². The standard InChI is InChI=1S/C14H12ClFN2OS/c1-19-11-4-2-3-10(8-11)17-14(20)18-13-6-5-9(16)7-12(13)15/h2-8H,1H3,(H2,17,18,20). The molecule has 2 aromatic carbocycles. The van der Waals surface area contributed by atoms with Crippen molar-refractivity contribution in [3.8, 4) is 5.75 Å². The maximum absolute atomic E-state index is 12.9. The molecule has 0 spiro atoms. The van der Waals surface area contributed by atoms with E-state index < -0.39 is 5.82 Å². The summed E-state index contributed by atoms with van der Waals surface area (Å²) in [6.45, 7) is 0. The monoisotopic (exact) mass is 310 g/mol. The molecule has 0 amide bonds. The summed E-state index contributed by atoms with van der Waals surface area (Å²) in [5, 5.41) is 6.52. The lowest BCUT2D eigenvalue weighted by molar-refractivity contribution is 0.415. The van der Waals surface area contributed by atoms with Crippen molar-refractivity contribution in [2.45, 2.75) is 0 Å². The van der Waals surface area contributed by atoms with E-state index in [1.807, 2.05) is 18.2 Å². The van der Waals surface area contributed by atoms with Crippen molar-refractivity contribution < 1.29 is 9.13 Å². The Kier molecular flexibility index (Phi) is 4.76. The summed E-state index contributed by atoms with van der Waals surface area (Å²) in [6, 6.07) is 11.4. The van der Waals surface area contributed by atoms with Gasteiger partial charge >= 0.3 is 0 Å². The smallest absolute Gasteiger partial charge is 0.175 e. The minimum atomic E-state index is -0.396. The van der Waals surface area contributed by atoms with Crippen molar-refractivity contribution in [2.24, 2.45) is 0 Å². The fourth-order valence-corrected chi connectivity index (χ4v) is 2.02. The molecule has 20 heavy (non-hydrogen) atoms. The summed E-state index contributed by atoms with van der Waals surface area (Å²) in [7, 11) is 1.59. The summed E-state index contributed by atoms with van der Waals surface area (Å²) in [5.74, 6) is 0.324. The molecule has 0 aliphatic heterocycles. The molecule has 0 heterocycles. The van der Waals surface area contributed by atoms with Gasteiger partial charge < -0.3 is 15.4 Å². The molecule has 2 rings (SSSR count). The zero-order valence-corrected chi connectivity index (χ0v) is 12.2. The van der Waals surface area contributed by atoms with Crippen LogP contribution in [-0.4, -0.2) is 12.2 Å². The highest BCUT2D eigenvalue weighted by atomic mass is 35.5. The molecule has 0 saturated heterocycles. The zero-order chi connectivity index (χ0) is 14.5. The first-order valence-electron chi connectivity index (χ1n) is 5.75. The molecule has 0 radical (unpaired) electrons. The van der Waals surface area contributed by atoms with Crippen molar-refractivity contribution >= 4 is 40.3 Å². The van der Waals surface area contributed by atoms with Crippen molar-refractivity contribution in [1.29, 1.82) is 0 Å². The fraction of sp³-hybridized carbons (Fsp3) is 0.0714. The quantitative estimate of drug-likeness (QED) is 0.828. The number of halogens is 2. The van der Waals surface area contributed by atoms with Gasteiger partial charge in [0.1, 0.15) is 11.6 Å². The van der Waals surface area contributed by atoms with Crippen LogP contribution in [0, 0.1) is 5.82 Å². The molecule has 6 heteroatoms. The van der Waals surface area contributed by atoms with Gasteiger partial charge in [-0.25, -0.2) is 4.39 Å². The van der Waals surface area contributed by atoms with Crippen LogP contribution in [0.3, 0.4) is 0 Å². The van der Waals surface area contributed by atoms with Crippen LogP contribution in [0.4, 0.5) is 15.8 Å². The van der Waals surface area contributed by atoms with E-state index in [0.29, 0.717) is 10.8 Å². The summed E-state index contributed by atoms with van der Waals surface area (Å²) in [6.07, 6.45) is 0. The topological polar surface area (TPSA) is 33.3 Å². The second kappa shape index (κ2) is 6.54. The van der Waals surface area contributed by atoms with E-state index >= 15 is 0 Å². The van der Waals surface area contributed by atoms with Crippen molar-refractivity contribution in [3.63, 3.8) is 0 Å². The second-order valence-electron chi connectivity index (χ2n) is 3.94. The Balaban J connectivity index is 2.05. The van der Waals surface area contributed by atoms with Gasteiger partial charge in [0.05, 0.1) is 17.8 Å². The van der Waals surface area contributed by atoms with E-state index in [0.717, 1.165) is 11.4 Å². The van der Waals surface area contributed by atoms with Crippen molar-refractivity contribution in [1.82, 2.24) is 0 Å². The Morgan fingerprint density at radius 2 is 2.00 bits per heavy atom. The fourth-order valence-electron chi connectivity index (χ4n) is 1.58. The Bertz CT molecular complexity index is 636. The average Bonchev–Trinajstić information content (AvgIpc) is 2.42. The number of thiocarbonyl (C=S) groups is 1. The molecule has 104 valence electrons. The van der Waals surface area contributed by atoms with E-state index in [2.05, 4.69) is 10.6 Å². The van der Waals surface area contributed by atoms with Gasteiger partial charge in [0.2, 0.25) is 0 Å². The van der Waals surface area contributed by atoms with Gasteiger partial charge in [-0.15, -0.1) is 0 Å². The second-order valence-corrected chi connectivity index (χ2v) is 4.75. The molecule has 0 aliphatic carbocycles. The normalized spacial score (nSPS) is 9.95. The van der Waals surface area contributed by atoms with Crippen LogP contribution >= 0.6 is 23.8 Å². The van der Waals surface area contributed by atoms with Gasteiger partial charge in [-0.1, -0.05) is 17.7 Å². The van der Waals surface area contributed by atoms with E-state index in [1.165, 1.54) is 18.2 Å². The molecule has 0 unspecified atom stereocenters.